The molecule has 2 N–H and O–H groups in total. The predicted molar refractivity (Wildman–Crippen MR) is 109 cm³/mol. The van der Waals surface area contributed by atoms with Crippen LogP contribution in [0.1, 0.15) is 29.9 Å². The maximum atomic E-state index is 12.6. The molecular formula is C22H23N3O2. The monoisotopic (exact) mass is 361 g/mol. The van der Waals surface area contributed by atoms with Gasteiger partial charge in [-0.15, -0.1) is 0 Å². The number of pyridine rings is 1. The number of hydrogen-bond donors (Lipinski definition) is 2. The van der Waals surface area contributed by atoms with Crippen molar-refractivity contribution in [1.29, 1.82) is 0 Å². The summed E-state index contributed by atoms with van der Waals surface area (Å²) in [6, 6.07) is 19.1. The van der Waals surface area contributed by atoms with E-state index in [9.17, 15) is 4.79 Å². The van der Waals surface area contributed by atoms with Crippen molar-refractivity contribution in [3.05, 3.63) is 78.1 Å². The average molecular weight is 361 g/mol. The van der Waals surface area contributed by atoms with Gasteiger partial charge in [0.1, 0.15) is 11.4 Å². The van der Waals surface area contributed by atoms with Crippen molar-refractivity contribution in [3.63, 3.8) is 0 Å². The Morgan fingerprint density at radius 3 is 2.52 bits per heavy atom. The molecule has 0 aliphatic carbocycles. The Labute approximate surface area is 159 Å². The van der Waals surface area contributed by atoms with Gasteiger partial charge in [0, 0.05) is 17.6 Å². The Kier molecular flexibility index (Phi) is 6.05. The van der Waals surface area contributed by atoms with Gasteiger partial charge in [0.25, 0.3) is 5.91 Å². The molecule has 0 saturated heterocycles. The number of carbonyl (C=O) groups excluding carboxylic acids is 1. The molecule has 5 nitrogen and oxygen atoms in total. The average Bonchev–Trinajstić information content (AvgIpc) is 2.70. The van der Waals surface area contributed by atoms with E-state index in [4.69, 9.17) is 4.74 Å². The number of nitrogens with one attached hydrogen (secondary N) is 2. The summed E-state index contributed by atoms with van der Waals surface area (Å²) in [7, 11) is 0. The van der Waals surface area contributed by atoms with Crippen molar-refractivity contribution in [2.75, 3.05) is 17.2 Å². The molecule has 0 aliphatic heterocycles. The maximum absolute atomic E-state index is 12.6. The Balaban J connectivity index is 1.73. The molecule has 3 aromatic rings. The van der Waals surface area contributed by atoms with Crippen molar-refractivity contribution < 1.29 is 9.53 Å². The molecular weight excluding hydrogens is 338 g/mol. The van der Waals surface area contributed by atoms with Crippen LogP contribution in [0.25, 0.3) is 0 Å². The predicted octanol–water partition coefficient (Wildman–Crippen LogP) is 5.04. The molecule has 0 unspecified atom stereocenters. The molecule has 1 amide bonds. The molecule has 1 heterocycles. The Morgan fingerprint density at radius 2 is 1.78 bits per heavy atom. The summed E-state index contributed by atoms with van der Waals surface area (Å²) < 4.78 is 5.55. The number of aryl methyl sites for hydroxylation is 1. The van der Waals surface area contributed by atoms with Gasteiger partial charge in [0.05, 0.1) is 12.3 Å². The first-order valence-corrected chi connectivity index (χ1v) is 9.04. The smallest absolute Gasteiger partial charge is 0.274 e. The minimum absolute atomic E-state index is 0.285. The van der Waals surface area contributed by atoms with Gasteiger partial charge in [-0.25, -0.2) is 0 Å². The van der Waals surface area contributed by atoms with Crippen molar-refractivity contribution >= 4 is 23.0 Å². The molecule has 0 atom stereocenters. The van der Waals surface area contributed by atoms with Crippen LogP contribution in [0, 0.1) is 0 Å². The maximum Gasteiger partial charge on any atom is 0.274 e. The minimum atomic E-state index is -0.285. The van der Waals surface area contributed by atoms with Gasteiger partial charge >= 0.3 is 0 Å². The second-order valence-electron chi connectivity index (χ2n) is 5.99. The molecule has 2 aromatic carbocycles. The molecule has 27 heavy (non-hydrogen) atoms. The highest BCUT2D eigenvalue weighted by Crippen LogP contribution is 2.24. The second-order valence-corrected chi connectivity index (χ2v) is 5.99. The molecule has 0 bridgehead atoms. The summed E-state index contributed by atoms with van der Waals surface area (Å²) in [4.78, 5) is 16.8. The van der Waals surface area contributed by atoms with E-state index in [0.717, 1.165) is 17.8 Å². The fourth-order valence-electron chi connectivity index (χ4n) is 2.66. The normalized spacial score (nSPS) is 10.3. The number of rotatable bonds is 7. The zero-order valence-electron chi connectivity index (χ0n) is 15.5. The number of anilines is 3. The first kappa shape index (κ1) is 18.5. The van der Waals surface area contributed by atoms with Gasteiger partial charge in [-0.1, -0.05) is 31.2 Å². The first-order chi connectivity index (χ1) is 13.2. The SMILES string of the molecule is CCOc1ccccc1NC(=O)c1cc(Nc2ccc(CC)cc2)ccn1. The lowest BCUT2D eigenvalue weighted by atomic mass is 10.1. The van der Waals surface area contributed by atoms with Crippen LogP contribution in [-0.2, 0) is 6.42 Å². The molecule has 0 radical (unpaired) electrons. The van der Waals surface area contributed by atoms with Crippen LogP contribution in [0.3, 0.4) is 0 Å². The molecule has 0 saturated carbocycles. The first-order valence-electron chi connectivity index (χ1n) is 9.04. The van der Waals surface area contributed by atoms with Gasteiger partial charge in [-0.2, -0.15) is 0 Å². The van der Waals surface area contributed by atoms with Gasteiger partial charge in [-0.05, 0) is 55.3 Å². The van der Waals surface area contributed by atoms with Crippen molar-refractivity contribution in [1.82, 2.24) is 4.98 Å². The number of aromatic nitrogens is 1. The summed E-state index contributed by atoms with van der Waals surface area (Å²) in [6.07, 6.45) is 2.62. The molecule has 3 rings (SSSR count). The standard InChI is InChI=1S/C22H23N3O2/c1-3-16-9-11-17(12-10-16)24-18-13-14-23-20(15-18)22(26)25-19-7-5-6-8-21(19)27-4-2/h5-15H,3-4H2,1-2H3,(H,23,24)(H,25,26). The third kappa shape index (κ3) is 4.85. The second kappa shape index (κ2) is 8.85. The van der Waals surface area contributed by atoms with E-state index in [1.165, 1.54) is 5.56 Å². The van der Waals surface area contributed by atoms with Crippen LogP contribution in [0.15, 0.2) is 66.9 Å². The third-order valence-corrected chi connectivity index (χ3v) is 4.08. The molecule has 5 heteroatoms. The Morgan fingerprint density at radius 1 is 1.00 bits per heavy atom. The topological polar surface area (TPSA) is 63.2 Å². The number of ether oxygens (including phenoxy) is 1. The van der Waals surface area contributed by atoms with E-state index in [-0.39, 0.29) is 5.91 Å². The van der Waals surface area contributed by atoms with E-state index < -0.39 is 0 Å². The third-order valence-electron chi connectivity index (χ3n) is 4.08. The number of amides is 1. The summed E-state index contributed by atoms with van der Waals surface area (Å²) in [5.74, 6) is 0.353. The fraction of sp³-hybridized carbons (Fsp3) is 0.182. The summed E-state index contributed by atoms with van der Waals surface area (Å²) in [5.41, 5.74) is 4.00. The van der Waals surface area contributed by atoms with Crippen molar-refractivity contribution in [2.24, 2.45) is 0 Å². The van der Waals surface area contributed by atoms with E-state index >= 15 is 0 Å². The van der Waals surface area contributed by atoms with Crippen LogP contribution in [-0.4, -0.2) is 17.5 Å². The largest absolute Gasteiger partial charge is 0.492 e. The van der Waals surface area contributed by atoms with Crippen molar-refractivity contribution in [2.45, 2.75) is 20.3 Å². The fourth-order valence-corrected chi connectivity index (χ4v) is 2.66. The van der Waals surface area contributed by atoms with Crippen molar-refractivity contribution in [3.8, 4) is 5.75 Å². The number of benzene rings is 2. The van der Waals surface area contributed by atoms with Crippen LogP contribution < -0.4 is 15.4 Å². The number of hydrogen-bond acceptors (Lipinski definition) is 4. The molecule has 0 spiro atoms. The zero-order chi connectivity index (χ0) is 19.1. The lowest BCUT2D eigenvalue weighted by Crippen LogP contribution is -2.14. The summed E-state index contributed by atoms with van der Waals surface area (Å²) >= 11 is 0. The Hall–Kier alpha value is -3.34. The van der Waals surface area contributed by atoms with Crippen LogP contribution in [0.5, 0.6) is 5.75 Å². The number of para-hydroxylation sites is 2. The lowest BCUT2D eigenvalue weighted by Gasteiger charge is -2.12. The summed E-state index contributed by atoms with van der Waals surface area (Å²) in [6.45, 7) is 4.56. The molecule has 0 aliphatic rings. The highest BCUT2D eigenvalue weighted by atomic mass is 16.5. The van der Waals surface area contributed by atoms with Gasteiger partial charge < -0.3 is 15.4 Å². The van der Waals surface area contributed by atoms with E-state index in [2.05, 4.69) is 34.7 Å². The lowest BCUT2D eigenvalue weighted by molar-refractivity contribution is 0.102. The highest BCUT2D eigenvalue weighted by Gasteiger charge is 2.11. The van der Waals surface area contributed by atoms with E-state index in [0.29, 0.717) is 23.7 Å². The van der Waals surface area contributed by atoms with Gasteiger partial charge in [-0.3, -0.25) is 9.78 Å². The minimum Gasteiger partial charge on any atom is -0.492 e. The highest BCUT2D eigenvalue weighted by molar-refractivity contribution is 6.04. The van der Waals surface area contributed by atoms with Crippen LogP contribution in [0.4, 0.5) is 17.1 Å². The van der Waals surface area contributed by atoms with E-state index in [1.807, 2.05) is 43.3 Å². The zero-order valence-corrected chi connectivity index (χ0v) is 15.5. The molecule has 1 aromatic heterocycles. The number of carbonyl (C=O) groups is 1. The summed E-state index contributed by atoms with van der Waals surface area (Å²) in [5, 5.41) is 6.16. The van der Waals surface area contributed by atoms with Crippen LogP contribution >= 0.6 is 0 Å². The van der Waals surface area contributed by atoms with Gasteiger partial charge in [0.15, 0.2) is 0 Å². The quantitative estimate of drug-likeness (QED) is 0.619. The van der Waals surface area contributed by atoms with Gasteiger partial charge in [0.2, 0.25) is 0 Å². The number of nitrogens with zero attached hydrogens (tertiary/aromatic N) is 1. The van der Waals surface area contributed by atoms with Crippen LogP contribution in [0.2, 0.25) is 0 Å². The van der Waals surface area contributed by atoms with E-state index in [1.54, 1.807) is 18.3 Å². The Bertz CT molecular complexity index is 907. The molecule has 138 valence electrons. The molecule has 0 fully saturated rings.